The van der Waals surface area contributed by atoms with Gasteiger partial charge < -0.3 is 16.3 Å². The van der Waals surface area contributed by atoms with Crippen molar-refractivity contribution >= 4 is 28.6 Å². The smallest absolute Gasteiger partial charge is 0.375 e. The van der Waals surface area contributed by atoms with E-state index < -0.39 is 5.97 Å². The summed E-state index contributed by atoms with van der Waals surface area (Å²) in [5.74, 6) is 3.67. The van der Waals surface area contributed by atoms with Crippen molar-refractivity contribution in [2.45, 2.75) is 0 Å². The molecule has 0 aliphatic rings. The second-order valence-corrected chi connectivity index (χ2v) is 2.33. The monoisotopic (exact) mass is 243 g/mol. The quantitative estimate of drug-likeness (QED) is 0.235. The summed E-state index contributed by atoms with van der Waals surface area (Å²) in [7, 11) is 0. The van der Waals surface area contributed by atoms with Crippen molar-refractivity contribution in [2.75, 3.05) is 0 Å². The summed E-state index contributed by atoms with van der Waals surface area (Å²) in [6.45, 7) is 0. The topological polar surface area (TPSA) is 104 Å². The highest BCUT2D eigenvalue weighted by molar-refractivity contribution is 14.1. The standard InChI is InChI=1S/C3H6IN3O2/c4-2(6)1(5)3(8)9-7/h5-7H2/b2-1+. The third-order valence-electron chi connectivity index (χ3n) is 0.584. The molecule has 0 aromatic heterocycles. The van der Waals surface area contributed by atoms with Gasteiger partial charge >= 0.3 is 5.97 Å². The number of rotatable bonds is 1. The summed E-state index contributed by atoms with van der Waals surface area (Å²) in [5, 5.41) is 0. The zero-order chi connectivity index (χ0) is 7.44. The molecule has 0 radical (unpaired) electrons. The molecule has 0 aromatic rings. The Morgan fingerprint density at radius 2 is 1.89 bits per heavy atom. The molecule has 0 aliphatic heterocycles. The molecule has 0 aliphatic carbocycles. The van der Waals surface area contributed by atoms with Crippen LogP contribution in [-0.4, -0.2) is 5.97 Å². The van der Waals surface area contributed by atoms with Crippen molar-refractivity contribution in [3.8, 4) is 0 Å². The van der Waals surface area contributed by atoms with Crippen molar-refractivity contribution < 1.29 is 9.63 Å². The fourth-order valence-corrected chi connectivity index (χ4v) is 0.381. The van der Waals surface area contributed by atoms with Crippen LogP contribution in [0.25, 0.3) is 0 Å². The first-order valence-corrected chi connectivity index (χ1v) is 2.99. The molecule has 0 amide bonds. The second kappa shape index (κ2) is 3.51. The van der Waals surface area contributed by atoms with Gasteiger partial charge in [-0.2, -0.15) is 5.90 Å². The molecular formula is C3H6IN3O2. The Morgan fingerprint density at radius 3 is 2.00 bits per heavy atom. The van der Waals surface area contributed by atoms with Crippen molar-refractivity contribution in [1.29, 1.82) is 0 Å². The van der Waals surface area contributed by atoms with Gasteiger partial charge in [0, 0.05) is 0 Å². The predicted molar refractivity (Wildman–Crippen MR) is 39.7 cm³/mol. The van der Waals surface area contributed by atoms with Crippen molar-refractivity contribution in [2.24, 2.45) is 17.4 Å². The lowest BCUT2D eigenvalue weighted by Gasteiger charge is -1.96. The van der Waals surface area contributed by atoms with Gasteiger partial charge in [-0.15, -0.1) is 0 Å². The van der Waals surface area contributed by atoms with Crippen LogP contribution < -0.4 is 17.4 Å². The molecule has 0 atom stereocenters. The van der Waals surface area contributed by atoms with Gasteiger partial charge in [0.1, 0.15) is 9.40 Å². The molecule has 0 saturated carbocycles. The Hall–Kier alpha value is -0.500. The highest BCUT2D eigenvalue weighted by atomic mass is 127. The number of hydrogen-bond acceptors (Lipinski definition) is 5. The van der Waals surface area contributed by atoms with E-state index in [1.54, 1.807) is 22.6 Å². The van der Waals surface area contributed by atoms with Gasteiger partial charge in [-0.25, -0.2) is 4.79 Å². The van der Waals surface area contributed by atoms with E-state index in [1.165, 1.54) is 0 Å². The van der Waals surface area contributed by atoms with Crippen LogP contribution in [-0.2, 0) is 9.63 Å². The lowest BCUT2D eigenvalue weighted by Crippen LogP contribution is -2.20. The van der Waals surface area contributed by atoms with Crippen LogP contribution in [0, 0.1) is 0 Å². The van der Waals surface area contributed by atoms with E-state index in [1.807, 2.05) is 0 Å². The third-order valence-corrected chi connectivity index (χ3v) is 1.17. The number of halogens is 1. The van der Waals surface area contributed by atoms with Crippen LogP contribution in [0.5, 0.6) is 0 Å². The Balaban J connectivity index is 4.21. The van der Waals surface area contributed by atoms with E-state index in [0.29, 0.717) is 0 Å². The van der Waals surface area contributed by atoms with Gasteiger partial charge in [-0.1, -0.05) is 0 Å². The van der Waals surface area contributed by atoms with Gasteiger partial charge in [-0.05, 0) is 22.6 Å². The number of nitrogens with two attached hydrogens (primary N) is 3. The highest BCUT2D eigenvalue weighted by Crippen LogP contribution is 2.00. The molecule has 0 fully saturated rings. The maximum Gasteiger partial charge on any atom is 0.375 e. The molecule has 0 bridgehead atoms. The fourth-order valence-electron chi connectivity index (χ4n) is 0.161. The van der Waals surface area contributed by atoms with Gasteiger partial charge in [-0.3, -0.25) is 0 Å². The molecule has 0 spiro atoms. The van der Waals surface area contributed by atoms with Crippen LogP contribution in [0.15, 0.2) is 9.40 Å². The van der Waals surface area contributed by atoms with Crippen LogP contribution in [0.4, 0.5) is 0 Å². The molecule has 0 unspecified atom stereocenters. The van der Waals surface area contributed by atoms with Crippen molar-refractivity contribution in [3.05, 3.63) is 9.40 Å². The van der Waals surface area contributed by atoms with E-state index in [0.717, 1.165) is 0 Å². The number of carbonyl (C=O) groups excluding carboxylic acids is 1. The summed E-state index contributed by atoms with van der Waals surface area (Å²) in [6, 6.07) is 0. The molecule has 9 heavy (non-hydrogen) atoms. The summed E-state index contributed by atoms with van der Waals surface area (Å²) in [6.07, 6.45) is 0. The second-order valence-electron chi connectivity index (χ2n) is 1.17. The predicted octanol–water partition coefficient (Wildman–Crippen LogP) is -1.08. The number of carbonyl (C=O) groups is 1. The Morgan fingerprint density at radius 1 is 1.44 bits per heavy atom. The van der Waals surface area contributed by atoms with Crippen molar-refractivity contribution in [1.82, 2.24) is 0 Å². The maximum absolute atomic E-state index is 10.3. The Labute approximate surface area is 65.3 Å². The molecule has 5 nitrogen and oxygen atoms in total. The van der Waals surface area contributed by atoms with E-state index in [9.17, 15) is 4.79 Å². The number of hydrogen-bond donors (Lipinski definition) is 3. The average Bonchev–Trinajstić information content (AvgIpc) is 1.84. The summed E-state index contributed by atoms with van der Waals surface area (Å²) in [4.78, 5) is 14.1. The zero-order valence-corrected chi connectivity index (χ0v) is 6.58. The first kappa shape index (κ1) is 8.50. The lowest BCUT2D eigenvalue weighted by molar-refractivity contribution is -0.139. The van der Waals surface area contributed by atoms with Gasteiger partial charge in [0.25, 0.3) is 0 Å². The minimum Gasteiger partial charge on any atom is -0.392 e. The van der Waals surface area contributed by atoms with Gasteiger partial charge in [0.05, 0.1) is 0 Å². The van der Waals surface area contributed by atoms with Crippen LogP contribution >= 0.6 is 22.6 Å². The minimum absolute atomic E-state index is 0.168. The molecule has 52 valence electrons. The molecule has 0 aromatic carbocycles. The van der Waals surface area contributed by atoms with E-state index in [4.69, 9.17) is 11.5 Å². The van der Waals surface area contributed by atoms with Gasteiger partial charge in [0.2, 0.25) is 0 Å². The summed E-state index contributed by atoms with van der Waals surface area (Å²) in [5.41, 5.74) is 9.99. The Bertz CT molecular complexity index is 151. The lowest BCUT2D eigenvalue weighted by atomic mass is 10.5. The summed E-state index contributed by atoms with van der Waals surface area (Å²) >= 11 is 1.68. The molecule has 0 rings (SSSR count). The first-order valence-electron chi connectivity index (χ1n) is 1.91. The SMILES string of the molecule is NOC(=O)/C(N)=C(\N)I. The van der Waals surface area contributed by atoms with E-state index in [2.05, 4.69) is 10.7 Å². The van der Waals surface area contributed by atoms with E-state index >= 15 is 0 Å². The molecule has 6 heteroatoms. The minimum atomic E-state index is -0.818. The van der Waals surface area contributed by atoms with E-state index in [-0.39, 0.29) is 9.40 Å². The third kappa shape index (κ3) is 2.51. The Kier molecular flexibility index (Phi) is 3.32. The first-order chi connectivity index (χ1) is 4.09. The summed E-state index contributed by atoms with van der Waals surface area (Å²) < 4.78 is 0.169. The maximum atomic E-state index is 10.3. The molecule has 6 N–H and O–H groups in total. The van der Waals surface area contributed by atoms with Crippen LogP contribution in [0.1, 0.15) is 0 Å². The molecule has 0 saturated heterocycles. The molecular weight excluding hydrogens is 237 g/mol. The highest BCUT2D eigenvalue weighted by Gasteiger charge is 2.06. The normalized spacial score (nSPS) is 12.2. The largest absolute Gasteiger partial charge is 0.392 e. The van der Waals surface area contributed by atoms with Crippen LogP contribution in [0.2, 0.25) is 0 Å². The van der Waals surface area contributed by atoms with Crippen molar-refractivity contribution in [3.63, 3.8) is 0 Å². The zero-order valence-electron chi connectivity index (χ0n) is 4.43. The molecule has 0 heterocycles. The van der Waals surface area contributed by atoms with Gasteiger partial charge in [0.15, 0.2) is 0 Å². The van der Waals surface area contributed by atoms with Crippen LogP contribution in [0.3, 0.4) is 0 Å². The fraction of sp³-hybridized carbons (Fsp3) is 0. The average molecular weight is 243 g/mol.